The van der Waals surface area contributed by atoms with Gasteiger partial charge in [-0.3, -0.25) is 4.68 Å². The minimum Gasteiger partial charge on any atom is -0.339 e. The first kappa shape index (κ1) is 13.6. The molecule has 1 saturated heterocycles. The van der Waals surface area contributed by atoms with E-state index in [1.165, 1.54) is 0 Å². The molecule has 3 heterocycles. The molecule has 1 fully saturated rings. The SMILES string of the molecule is CCCNC1CSCC1c1nc(-c2ccn(C)n2)no1. The summed E-state index contributed by atoms with van der Waals surface area (Å²) in [6, 6.07) is 2.32. The standard InChI is InChI=1S/C13H19N5OS/c1-3-5-14-11-8-20-7-9(11)13-15-12(17-19-13)10-4-6-18(2)16-10/h4,6,9,11,14H,3,5,7-8H2,1-2H3. The fourth-order valence-electron chi connectivity index (χ4n) is 2.35. The van der Waals surface area contributed by atoms with Gasteiger partial charge in [-0.2, -0.15) is 21.8 Å². The number of nitrogens with one attached hydrogen (secondary N) is 1. The first-order valence-electron chi connectivity index (χ1n) is 6.92. The first-order valence-corrected chi connectivity index (χ1v) is 8.08. The molecule has 2 aromatic rings. The molecule has 1 N–H and O–H groups in total. The molecule has 0 aliphatic carbocycles. The van der Waals surface area contributed by atoms with Crippen LogP contribution in [-0.2, 0) is 7.05 Å². The highest BCUT2D eigenvalue weighted by molar-refractivity contribution is 7.99. The minimum absolute atomic E-state index is 0.302. The Morgan fingerprint density at radius 3 is 3.15 bits per heavy atom. The lowest BCUT2D eigenvalue weighted by molar-refractivity contribution is 0.339. The summed E-state index contributed by atoms with van der Waals surface area (Å²) < 4.78 is 7.20. The summed E-state index contributed by atoms with van der Waals surface area (Å²) in [4.78, 5) is 4.53. The van der Waals surface area contributed by atoms with Crippen LogP contribution in [0.5, 0.6) is 0 Å². The van der Waals surface area contributed by atoms with Gasteiger partial charge in [0.05, 0.1) is 5.92 Å². The number of nitrogens with zero attached hydrogens (tertiary/aromatic N) is 4. The van der Waals surface area contributed by atoms with Crippen molar-refractivity contribution < 1.29 is 4.52 Å². The van der Waals surface area contributed by atoms with Gasteiger partial charge in [0.2, 0.25) is 11.7 Å². The molecule has 1 aliphatic rings. The predicted molar refractivity (Wildman–Crippen MR) is 78.6 cm³/mol. The molecule has 0 aromatic carbocycles. The molecule has 3 rings (SSSR count). The van der Waals surface area contributed by atoms with Crippen LogP contribution in [0.1, 0.15) is 25.2 Å². The van der Waals surface area contributed by atoms with Crippen molar-refractivity contribution in [1.82, 2.24) is 25.2 Å². The van der Waals surface area contributed by atoms with Crippen molar-refractivity contribution in [2.75, 3.05) is 18.1 Å². The third-order valence-electron chi connectivity index (χ3n) is 3.44. The van der Waals surface area contributed by atoms with Gasteiger partial charge in [0.1, 0.15) is 5.69 Å². The summed E-state index contributed by atoms with van der Waals surface area (Å²) in [6.45, 7) is 3.21. The number of aromatic nitrogens is 4. The number of thioether (sulfide) groups is 1. The highest BCUT2D eigenvalue weighted by atomic mass is 32.2. The van der Waals surface area contributed by atoms with Gasteiger partial charge >= 0.3 is 0 Å². The van der Waals surface area contributed by atoms with Gasteiger partial charge in [0.25, 0.3) is 0 Å². The van der Waals surface area contributed by atoms with Crippen LogP contribution in [0.3, 0.4) is 0 Å². The molecule has 0 bridgehead atoms. The second-order valence-electron chi connectivity index (χ2n) is 5.04. The normalized spacial score (nSPS) is 22.5. The van der Waals surface area contributed by atoms with E-state index in [0.717, 1.165) is 36.1 Å². The molecule has 108 valence electrons. The van der Waals surface area contributed by atoms with E-state index in [2.05, 4.69) is 27.5 Å². The Morgan fingerprint density at radius 2 is 2.40 bits per heavy atom. The largest absolute Gasteiger partial charge is 0.339 e. The maximum Gasteiger partial charge on any atom is 0.232 e. The zero-order chi connectivity index (χ0) is 13.9. The summed E-state index contributed by atoms with van der Waals surface area (Å²) in [5, 5.41) is 11.9. The molecular formula is C13H19N5OS. The van der Waals surface area contributed by atoms with E-state index in [4.69, 9.17) is 4.52 Å². The van der Waals surface area contributed by atoms with E-state index < -0.39 is 0 Å². The van der Waals surface area contributed by atoms with Crippen LogP contribution in [0.2, 0.25) is 0 Å². The van der Waals surface area contributed by atoms with Crippen molar-refractivity contribution in [3.05, 3.63) is 18.2 Å². The quantitative estimate of drug-likeness (QED) is 0.904. The van der Waals surface area contributed by atoms with Crippen LogP contribution in [0.4, 0.5) is 0 Å². The van der Waals surface area contributed by atoms with E-state index in [1.807, 2.05) is 31.1 Å². The van der Waals surface area contributed by atoms with Gasteiger partial charge < -0.3 is 9.84 Å². The summed E-state index contributed by atoms with van der Waals surface area (Å²) >= 11 is 1.93. The Kier molecular flexibility index (Phi) is 4.07. The van der Waals surface area contributed by atoms with E-state index in [9.17, 15) is 0 Å². The van der Waals surface area contributed by atoms with Gasteiger partial charge in [-0.05, 0) is 19.0 Å². The molecule has 7 heteroatoms. The van der Waals surface area contributed by atoms with Crippen molar-refractivity contribution in [3.8, 4) is 11.5 Å². The summed E-state index contributed by atoms with van der Waals surface area (Å²) in [6.07, 6.45) is 3.01. The maximum absolute atomic E-state index is 5.46. The molecule has 2 unspecified atom stereocenters. The monoisotopic (exact) mass is 293 g/mol. The zero-order valence-electron chi connectivity index (χ0n) is 11.7. The Hall–Kier alpha value is -1.34. The second kappa shape index (κ2) is 5.97. The molecule has 0 radical (unpaired) electrons. The smallest absolute Gasteiger partial charge is 0.232 e. The fourth-order valence-corrected chi connectivity index (χ4v) is 3.72. The topological polar surface area (TPSA) is 68.8 Å². The highest BCUT2D eigenvalue weighted by Gasteiger charge is 2.33. The third-order valence-corrected chi connectivity index (χ3v) is 4.63. The molecule has 0 saturated carbocycles. The van der Waals surface area contributed by atoms with Crippen molar-refractivity contribution in [2.24, 2.45) is 7.05 Å². The van der Waals surface area contributed by atoms with Crippen molar-refractivity contribution >= 4 is 11.8 Å². The highest BCUT2D eigenvalue weighted by Crippen LogP contribution is 2.32. The van der Waals surface area contributed by atoms with Crippen molar-refractivity contribution in [3.63, 3.8) is 0 Å². The first-order chi connectivity index (χ1) is 9.78. The summed E-state index contributed by atoms with van der Waals surface area (Å²) in [5.74, 6) is 3.74. The number of rotatable bonds is 5. The molecule has 2 atom stereocenters. The second-order valence-corrected chi connectivity index (χ2v) is 6.11. The van der Waals surface area contributed by atoms with Gasteiger partial charge in [-0.25, -0.2) is 0 Å². The Morgan fingerprint density at radius 1 is 1.50 bits per heavy atom. The minimum atomic E-state index is 0.302. The van der Waals surface area contributed by atoms with Gasteiger partial charge in [0.15, 0.2) is 0 Å². The molecule has 1 aliphatic heterocycles. The number of aryl methyl sites for hydroxylation is 1. The van der Waals surface area contributed by atoms with Crippen LogP contribution < -0.4 is 5.32 Å². The van der Waals surface area contributed by atoms with Gasteiger partial charge in [-0.1, -0.05) is 12.1 Å². The Labute approximate surface area is 122 Å². The Bertz CT molecular complexity index is 567. The lowest BCUT2D eigenvalue weighted by Crippen LogP contribution is -2.34. The van der Waals surface area contributed by atoms with E-state index in [0.29, 0.717) is 17.8 Å². The lowest BCUT2D eigenvalue weighted by atomic mass is 10.0. The van der Waals surface area contributed by atoms with Crippen LogP contribution in [-0.4, -0.2) is 44.0 Å². The average molecular weight is 293 g/mol. The van der Waals surface area contributed by atoms with Crippen LogP contribution in [0.25, 0.3) is 11.5 Å². The van der Waals surface area contributed by atoms with E-state index >= 15 is 0 Å². The molecule has 6 nitrogen and oxygen atoms in total. The van der Waals surface area contributed by atoms with E-state index in [1.54, 1.807) is 4.68 Å². The van der Waals surface area contributed by atoms with Crippen LogP contribution in [0, 0.1) is 0 Å². The molecule has 20 heavy (non-hydrogen) atoms. The zero-order valence-corrected chi connectivity index (χ0v) is 12.6. The summed E-state index contributed by atoms with van der Waals surface area (Å²) in [5.41, 5.74) is 0.756. The van der Waals surface area contributed by atoms with Crippen LogP contribution >= 0.6 is 11.8 Å². The van der Waals surface area contributed by atoms with Gasteiger partial charge in [-0.15, -0.1) is 0 Å². The molecular weight excluding hydrogens is 274 g/mol. The molecule has 0 spiro atoms. The predicted octanol–water partition coefficient (Wildman–Crippen LogP) is 1.67. The van der Waals surface area contributed by atoms with E-state index in [-0.39, 0.29) is 0 Å². The molecule has 0 amide bonds. The van der Waals surface area contributed by atoms with Crippen molar-refractivity contribution in [1.29, 1.82) is 0 Å². The van der Waals surface area contributed by atoms with Crippen molar-refractivity contribution in [2.45, 2.75) is 25.3 Å². The summed E-state index contributed by atoms with van der Waals surface area (Å²) in [7, 11) is 1.88. The molecule has 2 aromatic heterocycles. The Balaban J connectivity index is 1.75. The number of hydrogen-bond donors (Lipinski definition) is 1. The lowest BCUT2D eigenvalue weighted by Gasteiger charge is -2.16. The average Bonchev–Trinajstić information content (AvgIpc) is 3.15. The number of hydrogen-bond acceptors (Lipinski definition) is 6. The fraction of sp³-hybridized carbons (Fsp3) is 0.615. The van der Waals surface area contributed by atoms with Gasteiger partial charge in [0, 0.05) is 30.8 Å². The maximum atomic E-state index is 5.46. The van der Waals surface area contributed by atoms with Crippen LogP contribution in [0.15, 0.2) is 16.8 Å². The third kappa shape index (κ3) is 2.73.